The highest BCUT2D eigenvalue weighted by Crippen LogP contribution is 2.28. The third-order valence-electron chi connectivity index (χ3n) is 5.42. The first-order valence-electron chi connectivity index (χ1n) is 10.6. The Morgan fingerprint density at radius 1 is 1.15 bits per heavy atom. The van der Waals surface area contributed by atoms with Gasteiger partial charge in [-0.1, -0.05) is 0 Å². The van der Waals surface area contributed by atoms with E-state index >= 15 is 0 Å². The monoisotopic (exact) mass is 444 g/mol. The first-order chi connectivity index (χ1) is 16.0. The number of ether oxygens (including phenoxy) is 1. The summed E-state index contributed by atoms with van der Waals surface area (Å²) < 4.78 is 8.81. The number of aliphatic imine (C=N–C) groups is 1. The summed E-state index contributed by atoms with van der Waals surface area (Å²) in [7, 11) is 1.85. The van der Waals surface area contributed by atoms with E-state index in [4.69, 9.17) is 9.73 Å². The summed E-state index contributed by atoms with van der Waals surface area (Å²) in [5.41, 5.74) is 7.09. The van der Waals surface area contributed by atoms with Crippen molar-refractivity contribution in [2.24, 2.45) is 17.1 Å². The minimum absolute atomic E-state index is 0.170. The van der Waals surface area contributed by atoms with Gasteiger partial charge in [0.25, 0.3) is 5.90 Å². The molecule has 0 aliphatic carbocycles. The van der Waals surface area contributed by atoms with Crippen molar-refractivity contribution in [2.75, 3.05) is 18.0 Å². The molecule has 0 radical (unpaired) electrons. The Morgan fingerprint density at radius 3 is 2.55 bits per heavy atom. The Bertz CT molecular complexity index is 1330. The molecule has 1 aromatic carbocycles. The first kappa shape index (κ1) is 22.0. The standard InChI is InChI=1S/C23H24N8O2/c1-6-30(7-2)17-9-10-18(15(3)13-17)24-20-22-26-25-21(19-14-16(4)29(5)27-19)31(22)28-23(20)33-12-8-11-32/h9-10,12-14H,6-7H2,1-5H3. The van der Waals surface area contributed by atoms with Crippen LogP contribution in [0.4, 0.5) is 11.4 Å². The van der Waals surface area contributed by atoms with Crippen molar-refractivity contribution in [3.8, 4) is 11.5 Å². The van der Waals surface area contributed by atoms with Gasteiger partial charge in [0, 0.05) is 37.2 Å². The van der Waals surface area contributed by atoms with E-state index in [9.17, 15) is 4.79 Å². The molecule has 0 N–H and O–H groups in total. The van der Waals surface area contributed by atoms with E-state index in [0.717, 1.165) is 42.0 Å². The lowest BCUT2D eigenvalue weighted by atomic mass is 10.1. The molecule has 1 aliphatic rings. The Balaban J connectivity index is 1.79. The molecule has 33 heavy (non-hydrogen) atoms. The molecule has 3 heterocycles. The molecule has 0 saturated heterocycles. The van der Waals surface area contributed by atoms with Crippen LogP contribution in [0.15, 0.2) is 46.4 Å². The molecule has 0 unspecified atom stereocenters. The predicted octanol–water partition coefficient (Wildman–Crippen LogP) is 2.95. The van der Waals surface area contributed by atoms with Gasteiger partial charge in [-0.15, -0.1) is 15.3 Å². The number of benzene rings is 1. The normalized spacial score (nSPS) is 13.4. The Hall–Kier alpha value is -4.26. The van der Waals surface area contributed by atoms with Gasteiger partial charge in [-0.3, -0.25) is 4.68 Å². The van der Waals surface area contributed by atoms with Crippen LogP contribution < -0.4 is 4.90 Å². The fraction of sp³-hybridized carbons (Fsp3) is 0.304. The van der Waals surface area contributed by atoms with E-state index in [-0.39, 0.29) is 5.90 Å². The molecular formula is C23H24N8O2. The molecule has 10 heteroatoms. The second-order valence-corrected chi connectivity index (χ2v) is 7.44. The van der Waals surface area contributed by atoms with E-state index in [1.54, 1.807) is 4.68 Å². The number of anilines is 1. The van der Waals surface area contributed by atoms with E-state index in [0.29, 0.717) is 23.1 Å². The molecule has 10 nitrogen and oxygen atoms in total. The van der Waals surface area contributed by atoms with Gasteiger partial charge in [0.05, 0.1) is 5.69 Å². The molecular weight excluding hydrogens is 420 g/mol. The van der Waals surface area contributed by atoms with Crippen molar-refractivity contribution in [3.05, 3.63) is 53.3 Å². The average Bonchev–Trinajstić information content (AvgIpc) is 3.45. The maximum atomic E-state index is 10.5. The Labute approximate surface area is 191 Å². The maximum absolute atomic E-state index is 10.5. The number of nitrogens with zero attached hydrogens (tertiary/aromatic N) is 8. The second kappa shape index (κ2) is 9.08. The van der Waals surface area contributed by atoms with Crippen LogP contribution in [-0.4, -0.2) is 55.3 Å². The summed E-state index contributed by atoms with van der Waals surface area (Å²) >= 11 is 0. The molecule has 0 amide bonds. The predicted molar refractivity (Wildman–Crippen MR) is 126 cm³/mol. The van der Waals surface area contributed by atoms with Gasteiger partial charge >= 0.3 is 0 Å². The fourth-order valence-corrected chi connectivity index (χ4v) is 3.54. The zero-order chi connectivity index (χ0) is 23.5. The van der Waals surface area contributed by atoms with Crippen molar-refractivity contribution >= 4 is 28.9 Å². The van der Waals surface area contributed by atoms with Crippen LogP contribution in [0.3, 0.4) is 0 Å². The number of aryl methyl sites for hydroxylation is 3. The molecule has 0 fully saturated rings. The first-order valence-corrected chi connectivity index (χ1v) is 10.6. The number of rotatable bonds is 6. The van der Waals surface area contributed by atoms with E-state index < -0.39 is 0 Å². The lowest BCUT2D eigenvalue weighted by Crippen LogP contribution is -2.21. The van der Waals surface area contributed by atoms with Crippen molar-refractivity contribution in [1.82, 2.24) is 24.7 Å². The van der Waals surface area contributed by atoms with E-state index in [1.165, 1.54) is 10.6 Å². The smallest absolute Gasteiger partial charge is 0.267 e. The highest BCUT2D eigenvalue weighted by atomic mass is 16.5. The molecule has 1 aliphatic heterocycles. The molecule has 0 atom stereocenters. The number of hydrogen-bond acceptors (Lipinski definition) is 8. The van der Waals surface area contributed by atoms with Crippen LogP contribution in [0, 0.1) is 13.8 Å². The van der Waals surface area contributed by atoms with Crippen molar-refractivity contribution in [3.63, 3.8) is 0 Å². The van der Waals surface area contributed by atoms with Gasteiger partial charge in [-0.2, -0.15) is 9.77 Å². The summed E-state index contributed by atoms with van der Waals surface area (Å²) in [6.45, 7) is 10.0. The van der Waals surface area contributed by atoms with Gasteiger partial charge in [0.1, 0.15) is 12.0 Å². The second-order valence-electron chi connectivity index (χ2n) is 7.44. The minimum Gasteiger partial charge on any atom is -0.435 e. The van der Waals surface area contributed by atoms with Gasteiger partial charge in [0.15, 0.2) is 11.7 Å². The Morgan fingerprint density at radius 2 is 1.91 bits per heavy atom. The molecule has 168 valence electrons. The summed E-state index contributed by atoms with van der Waals surface area (Å²) in [5.74, 6) is 2.57. The van der Waals surface area contributed by atoms with Crippen LogP contribution in [0.2, 0.25) is 0 Å². The molecule has 3 aromatic rings. The number of fused-ring (bicyclic) bond motifs is 1. The van der Waals surface area contributed by atoms with Gasteiger partial charge in [-0.25, -0.2) is 9.79 Å². The minimum atomic E-state index is 0.170. The lowest BCUT2D eigenvalue weighted by molar-refractivity contribution is 0.479. The van der Waals surface area contributed by atoms with Gasteiger partial charge in [0.2, 0.25) is 11.6 Å². The summed E-state index contributed by atoms with van der Waals surface area (Å²) in [5, 5.41) is 17.5. The largest absolute Gasteiger partial charge is 0.435 e. The topological polar surface area (TPSA) is 103 Å². The lowest BCUT2D eigenvalue weighted by Gasteiger charge is -2.21. The van der Waals surface area contributed by atoms with Crippen molar-refractivity contribution in [2.45, 2.75) is 27.7 Å². The van der Waals surface area contributed by atoms with Gasteiger partial charge in [-0.05, 0) is 57.5 Å². The van der Waals surface area contributed by atoms with E-state index in [2.05, 4.69) is 50.9 Å². The van der Waals surface area contributed by atoms with Crippen molar-refractivity contribution < 1.29 is 9.53 Å². The Kier molecular flexibility index (Phi) is 6.04. The molecule has 0 bridgehead atoms. The molecule has 2 aromatic heterocycles. The number of carbonyl (C=O) groups excluding carboxylic acids is 1. The maximum Gasteiger partial charge on any atom is 0.267 e. The molecule has 4 rings (SSSR count). The zero-order valence-corrected chi connectivity index (χ0v) is 19.2. The quantitative estimate of drug-likeness (QED) is 0.329. The summed E-state index contributed by atoms with van der Waals surface area (Å²) in [6.07, 6.45) is 1.09. The third kappa shape index (κ3) is 4.13. The highest BCUT2D eigenvalue weighted by molar-refractivity contribution is 6.46. The average molecular weight is 444 g/mol. The number of hydrogen-bond donors (Lipinski definition) is 0. The fourth-order valence-electron chi connectivity index (χ4n) is 3.54. The third-order valence-corrected chi connectivity index (χ3v) is 5.42. The van der Waals surface area contributed by atoms with E-state index in [1.807, 2.05) is 39.1 Å². The van der Waals surface area contributed by atoms with Crippen LogP contribution in [0.5, 0.6) is 0 Å². The SMILES string of the molecule is CCN(CC)c1ccc(N=C2C(OC=C=C=O)=Nn3c2nnc3-c2cc(C)n(C)n2)c(C)c1. The zero-order valence-electron chi connectivity index (χ0n) is 19.2. The number of aromatic nitrogens is 5. The van der Waals surface area contributed by atoms with Crippen LogP contribution in [-0.2, 0) is 16.6 Å². The molecule has 0 saturated carbocycles. The summed E-state index contributed by atoms with van der Waals surface area (Å²) in [6, 6.07) is 7.99. The van der Waals surface area contributed by atoms with Crippen molar-refractivity contribution in [1.29, 1.82) is 0 Å². The van der Waals surface area contributed by atoms with Crippen LogP contribution >= 0.6 is 0 Å². The van der Waals surface area contributed by atoms with Crippen LogP contribution in [0.1, 0.15) is 30.9 Å². The molecule has 0 spiro atoms. The van der Waals surface area contributed by atoms with Crippen LogP contribution in [0.25, 0.3) is 11.5 Å². The van der Waals surface area contributed by atoms with Gasteiger partial charge < -0.3 is 9.64 Å². The highest BCUT2D eigenvalue weighted by Gasteiger charge is 2.31. The summed E-state index contributed by atoms with van der Waals surface area (Å²) in [4.78, 5) is 17.6.